The highest BCUT2D eigenvalue weighted by Gasteiger charge is 2.18. The average Bonchev–Trinajstić information content (AvgIpc) is 2.34. The second kappa shape index (κ2) is 5.40. The maximum Gasteiger partial charge on any atom is 0.125 e. The van der Waals surface area contributed by atoms with Crippen molar-refractivity contribution in [1.82, 2.24) is 0 Å². The Bertz CT molecular complexity index is 428. The molecule has 4 heteroatoms. The molecule has 0 radical (unpaired) electrons. The van der Waals surface area contributed by atoms with Crippen molar-refractivity contribution in [3.8, 4) is 5.75 Å². The van der Waals surface area contributed by atoms with E-state index in [2.05, 4.69) is 0 Å². The van der Waals surface area contributed by atoms with Crippen molar-refractivity contribution in [2.24, 2.45) is 5.73 Å². The van der Waals surface area contributed by atoms with Gasteiger partial charge < -0.3 is 15.2 Å². The standard InChI is InChI=1S/C14H20N2O2/c1-9-6-11(14(15)16)7-10(2)13(9)18-12-4-3-5-17-8-12/h6-7,12H,3-5,8H2,1-2H3,(H3,15,16). The lowest BCUT2D eigenvalue weighted by Gasteiger charge is -2.25. The molecule has 98 valence electrons. The number of nitrogens with two attached hydrogens (primary N) is 1. The third-order valence-corrected chi connectivity index (χ3v) is 3.17. The summed E-state index contributed by atoms with van der Waals surface area (Å²) in [7, 11) is 0. The van der Waals surface area contributed by atoms with Gasteiger partial charge in [-0.1, -0.05) is 0 Å². The van der Waals surface area contributed by atoms with Gasteiger partial charge in [-0.2, -0.15) is 0 Å². The lowest BCUT2D eigenvalue weighted by molar-refractivity contribution is 0.00687. The Morgan fingerprint density at radius 1 is 1.39 bits per heavy atom. The summed E-state index contributed by atoms with van der Waals surface area (Å²) < 4.78 is 11.4. The van der Waals surface area contributed by atoms with Gasteiger partial charge in [-0.3, -0.25) is 5.41 Å². The summed E-state index contributed by atoms with van der Waals surface area (Å²) in [6.07, 6.45) is 2.22. The minimum atomic E-state index is 0.0914. The van der Waals surface area contributed by atoms with Gasteiger partial charge >= 0.3 is 0 Å². The van der Waals surface area contributed by atoms with Gasteiger partial charge in [0.2, 0.25) is 0 Å². The predicted octanol–water partition coefficient (Wildman–Crippen LogP) is 2.15. The van der Waals surface area contributed by atoms with Crippen LogP contribution >= 0.6 is 0 Å². The first-order chi connectivity index (χ1) is 8.58. The third kappa shape index (κ3) is 2.82. The van der Waals surface area contributed by atoms with Gasteiger partial charge in [-0.25, -0.2) is 0 Å². The first kappa shape index (κ1) is 12.9. The molecular formula is C14H20N2O2. The molecule has 2 rings (SSSR count). The minimum Gasteiger partial charge on any atom is -0.487 e. The van der Waals surface area contributed by atoms with E-state index in [9.17, 15) is 0 Å². The van der Waals surface area contributed by atoms with Crippen molar-refractivity contribution in [1.29, 1.82) is 5.41 Å². The SMILES string of the molecule is Cc1cc(C(=N)N)cc(C)c1OC1CCCOC1. The van der Waals surface area contributed by atoms with Crippen LogP contribution in [0.5, 0.6) is 5.75 Å². The summed E-state index contributed by atoms with van der Waals surface area (Å²) in [6, 6.07) is 3.79. The molecule has 0 amide bonds. The molecule has 0 saturated carbocycles. The Balaban J connectivity index is 2.19. The van der Waals surface area contributed by atoms with E-state index >= 15 is 0 Å². The van der Waals surface area contributed by atoms with Crippen LogP contribution in [0.2, 0.25) is 0 Å². The monoisotopic (exact) mass is 248 g/mol. The fourth-order valence-corrected chi connectivity index (χ4v) is 2.26. The first-order valence-electron chi connectivity index (χ1n) is 6.28. The molecule has 1 aromatic carbocycles. The lowest BCUT2D eigenvalue weighted by atomic mass is 10.0. The van der Waals surface area contributed by atoms with E-state index in [1.165, 1.54) is 0 Å². The topological polar surface area (TPSA) is 68.3 Å². The second-order valence-corrected chi connectivity index (χ2v) is 4.81. The molecule has 0 aromatic heterocycles. The predicted molar refractivity (Wildman–Crippen MR) is 71.4 cm³/mol. The summed E-state index contributed by atoms with van der Waals surface area (Å²) in [4.78, 5) is 0. The fraction of sp³-hybridized carbons (Fsp3) is 0.500. The van der Waals surface area contributed by atoms with Crippen LogP contribution in [0, 0.1) is 19.3 Å². The average molecular weight is 248 g/mol. The quantitative estimate of drug-likeness (QED) is 0.636. The second-order valence-electron chi connectivity index (χ2n) is 4.81. The molecule has 1 saturated heterocycles. The number of nitrogens with one attached hydrogen (secondary N) is 1. The van der Waals surface area contributed by atoms with Crippen LogP contribution in [0.1, 0.15) is 29.5 Å². The summed E-state index contributed by atoms with van der Waals surface area (Å²) in [5.74, 6) is 0.990. The van der Waals surface area contributed by atoms with Gasteiger partial charge in [0.1, 0.15) is 17.7 Å². The summed E-state index contributed by atoms with van der Waals surface area (Å²) in [5.41, 5.74) is 8.29. The Labute approximate surface area is 108 Å². The number of rotatable bonds is 3. The lowest BCUT2D eigenvalue weighted by Crippen LogP contribution is -2.28. The molecular weight excluding hydrogens is 228 g/mol. The molecule has 0 spiro atoms. The normalized spacial score (nSPS) is 19.6. The Morgan fingerprint density at radius 3 is 2.56 bits per heavy atom. The zero-order valence-corrected chi connectivity index (χ0v) is 11.0. The van der Waals surface area contributed by atoms with Crippen molar-refractivity contribution in [3.63, 3.8) is 0 Å². The molecule has 0 bridgehead atoms. The van der Waals surface area contributed by atoms with Gasteiger partial charge in [-0.05, 0) is 49.9 Å². The van der Waals surface area contributed by atoms with E-state index in [1.54, 1.807) is 0 Å². The van der Waals surface area contributed by atoms with Crippen LogP contribution in [0.4, 0.5) is 0 Å². The van der Waals surface area contributed by atoms with Crippen molar-refractivity contribution in [2.75, 3.05) is 13.2 Å². The van der Waals surface area contributed by atoms with Crippen LogP contribution in [0.25, 0.3) is 0 Å². The molecule has 1 heterocycles. The maximum absolute atomic E-state index is 7.47. The van der Waals surface area contributed by atoms with E-state index < -0.39 is 0 Å². The highest BCUT2D eigenvalue weighted by atomic mass is 16.5. The molecule has 1 fully saturated rings. The Morgan fingerprint density at radius 2 is 2.06 bits per heavy atom. The molecule has 1 aromatic rings. The van der Waals surface area contributed by atoms with Gasteiger partial charge in [0, 0.05) is 12.2 Å². The van der Waals surface area contributed by atoms with Gasteiger partial charge in [0.25, 0.3) is 0 Å². The molecule has 1 aliphatic rings. The largest absolute Gasteiger partial charge is 0.487 e. The van der Waals surface area contributed by atoms with Crippen molar-refractivity contribution >= 4 is 5.84 Å². The Kier molecular flexibility index (Phi) is 3.87. The zero-order chi connectivity index (χ0) is 13.1. The first-order valence-corrected chi connectivity index (χ1v) is 6.28. The summed E-state index contributed by atoms with van der Waals surface area (Å²) in [5, 5.41) is 7.47. The van der Waals surface area contributed by atoms with E-state index in [4.69, 9.17) is 20.6 Å². The molecule has 0 aliphatic carbocycles. The van der Waals surface area contributed by atoms with E-state index in [-0.39, 0.29) is 11.9 Å². The summed E-state index contributed by atoms with van der Waals surface area (Å²) in [6.45, 7) is 5.46. The number of aryl methyl sites for hydroxylation is 2. The number of ether oxygens (including phenoxy) is 2. The van der Waals surface area contributed by atoms with Gasteiger partial charge in [0.15, 0.2) is 0 Å². The highest BCUT2D eigenvalue weighted by molar-refractivity contribution is 5.95. The summed E-state index contributed by atoms with van der Waals surface area (Å²) >= 11 is 0. The number of benzene rings is 1. The third-order valence-electron chi connectivity index (χ3n) is 3.17. The van der Waals surface area contributed by atoms with Crippen LogP contribution in [0.15, 0.2) is 12.1 Å². The number of hydrogen-bond acceptors (Lipinski definition) is 3. The van der Waals surface area contributed by atoms with Crippen LogP contribution in [0.3, 0.4) is 0 Å². The molecule has 1 unspecified atom stereocenters. The van der Waals surface area contributed by atoms with Crippen molar-refractivity contribution in [3.05, 3.63) is 28.8 Å². The van der Waals surface area contributed by atoms with E-state index in [1.807, 2.05) is 26.0 Å². The minimum absolute atomic E-state index is 0.0914. The number of amidine groups is 1. The van der Waals surface area contributed by atoms with E-state index in [0.717, 1.165) is 41.9 Å². The highest BCUT2D eigenvalue weighted by Crippen LogP contribution is 2.27. The number of nitrogen functional groups attached to an aromatic ring is 1. The zero-order valence-electron chi connectivity index (χ0n) is 11.0. The van der Waals surface area contributed by atoms with Crippen LogP contribution < -0.4 is 10.5 Å². The molecule has 1 aliphatic heterocycles. The van der Waals surface area contributed by atoms with E-state index in [0.29, 0.717) is 6.61 Å². The van der Waals surface area contributed by atoms with Crippen LogP contribution in [-0.4, -0.2) is 25.2 Å². The molecule has 18 heavy (non-hydrogen) atoms. The fourth-order valence-electron chi connectivity index (χ4n) is 2.26. The molecule has 3 N–H and O–H groups in total. The smallest absolute Gasteiger partial charge is 0.125 e. The van der Waals surface area contributed by atoms with Crippen molar-refractivity contribution < 1.29 is 9.47 Å². The Hall–Kier alpha value is -1.55. The molecule has 1 atom stereocenters. The number of hydrogen-bond donors (Lipinski definition) is 2. The molecule has 4 nitrogen and oxygen atoms in total. The van der Waals surface area contributed by atoms with Crippen LogP contribution in [-0.2, 0) is 4.74 Å². The van der Waals surface area contributed by atoms with Crippen molar-refractivity contribution in [2.45, 2.75) is 32.8 Å². The van der Waals surface area contributed by atoms with Gasteiger partial charge in [-0.15, -0.1) is 0 Å². The maximum atomic E-state index is 7.47. The van der Waals surface area contributed by atoms with Gasteiger partial charge in [0.05, 0.1) is 6.61 Å².